The van der Waals surface area contributed by atoms with E-state index in [9.17, 15) is 62.3 Å². The van der Waals surface area contributed by atoms with Crippen molar-refractivity contribution in [1.82, 2.24) is 24.5 Å². The van der Waals surface area contributed by atoms with Crippen molar-refractivity contribution in [3.8, 4) is 69.2 Å². The molecule has 2 heterocycles. The van der Waals surface area contributed by atoms with Gasteiger partial charge in [-0.2, -0.15) is 41.8 Å². The zero-order valence-electron chi connectivity index (χ0n) is 80.9. The Kier molecular flexibility index (Phi) is 45.9. The predicted octanol–water partition coefficient (Wildman–Crippen LogP) is 10.0. The molecule has 0 aliphatic heterocycles. The molecule has 2 aromatic heterocycles. The summed E-state index contributed by atoms with van der Waals surface area (Å²) in [4.78, 5) is 40.8. The molecule has 61 heteroatoms. The Morgan fingerprint density at radius 3 is 1.25 bits per heavy atom. The number of para-hydroxylation sites is 3. The first-order valence-corrected chi connectivity index (χ1v) is 47.9. The Labute approximate surface area is 912 Å². The van der Waals surface area contributed by atoms with E-state index in [0.717, 1.165) is 27.8 Å². The molecular formula is C89H80B27BrCl2F9N10O11S. The number of hydrogen-bond donors (Lipinski definition) is 4. The fraction of sp³-hybridized carbons (Fsp3) is 0.191. The van der Waals surface area contributed by atoms with Gasteiger partial charge in [-0.15, -0.1) is 24.8 Å². The molecule has 723 valence electrons. The molecule has 8 N–H and O–H groups in total. The van der Waals surface area contributed by atoms with Crippen LogP contribution in [0.25, 0.3) is 29.6 Å². The second kappa shape index (κ2) is 55.5. The first kappa shape index (κ1) is 124. The SMILES string of the molecule is C.CN(C)C=C(C#N)C(=O)C1=Cc2cc(OC(F)F)c(Br)cc2C1.Cc1cc(Oc2ccccc2F)ccc1-n1ncc(C(=O)C2=Cc3cc(OC(F)F)c(CS(=O)(=O)C4CC4)cc3C2)c1N.Cc1cc(Oc2ccccc2F)ccc1-n1ncc(C(=O)C2=Cc3cc(OC(F)F)c(N)cc3C2)c1N.Cc1cc(Oc2ccccc2F)ccc1CN.Cl.Cl.[B][B]B([B])B(B(B([B])[B])B([B])[B])B(B(B([B])[B])B([B])[B])B(B([B])[B])B([B])[B]. The lowest BCUT2D eigenvalue weighted by atomic mass is 8.33. The molecule has 9 aromatic carbocycles. The second-order valence-corrected chi connectivity index (χ2v) is 38.3. The van der Waals surface area contributed by atoms with Crippen molar-refractivity contribution < 1.29 is 90.7 Å². The molecular weight excluding hydrogens is 2030 g/mol. The number of nitrogens with zero attached hydrogens (tertiary/aromatic N) is 6. The normalized spacial score (nSPS) is 12.1. The molecule has 4 aliphatic rings. The van der Waals surface area contributed by atoms with Crippen molar-refractivity contribution in [1.29, 1.82) is 5.26 Å². The molecule has 11 aromatic rings. The number of allylic oxidation sites excluding steroid dienone is 4. The van der Waals surface area contributed by atoms with Crippen LogP contribution in [0.4, 0.5) is 56.8 Å². The van der Waals surface area contributed by atoms with Gasteiger partial charge in [-0.25, -0.2) is 31.0 Å². The van der Waals surface area contributed by atoms with E-state index in [0.29, 0.717) is 103 Å². The Morgan fingerprint density at radius 2 is 0.873 bits per heavy atom. The third kappa shape index (κ3) is 31.6. The number of Topliss-reactive ketones (excluding diaryl/α,β-unsaturated/α-hetero) is 3. The quantitative estimate of drug-likeness (QED) is 0.00702. The molecule has 0 bridgehead atoms. The van der Waals surface area contributed by atoms with Gasteiger partial charge in [-0.05, 0) is 239 Å². The van der Waals surface area contributed by atoms with Gasteiger partial charge in [0, 0.05) is 260 Å². The maximum absolute atomic E-state index is 14.0. The highest BCUT2D eigenvalue weighted by molar-refractivity contribution is 9.10. The zero-order valence-corrected chi connectivity index (χ0v) is 84.9. The lowest BCUT2D eigenvalue weighted by molar-refractivity contribution is -0.112. The standard InChI is InChI=1S/C31H26F3N3O5S.C27H21F3N4O3.C16H13BrF2N2O2.C14H14FNO.CH4.B27.2ClH/c1-17-10-22(41-27-5-3-2-4-25(27)32)6-9-26(17)37-30(35)24(15-36-37)29(38)20-11-18-13-21(16-43(39,40)23-7-8-23)28(42-31(33)34)14-19(18)12-20;1-14-8-18(36-23-5-3-2-4-20(23)28)6-7-22(14)34-26(32)19(13-33-34)25(35)17-9-15-11-21(31)24(37-27(29)30)12-16(15)10-17;1-21(2)8-12(7-20)15(22)11-3-9-5-13(17)14(23-16(18)19)6-10(9)4-11;1-10-8-12(7-6-11(10)9-16)17-14-5-3-2-4-13(14)15;;1-15-22(14)26(23(16(2)3)17(4)5)27(24(18(6)7)19(8)9)25(20(10)11)21(12)13;;/h2-6,9-10,12-15,23,31H,7-8,11,16,35H2,1H3;2-8,10-13,27H,9,31-32H2,1H3;4-6,8,16H,3H2,1-2H3;2-8H,9,16H2,1H3;1H4;;2*1H. The molecule has 0 unspecified atom stereocenters. The second-order valence-electron chi connectivity index (χ2n) is 35.1. The zero-order chi connectivity index (χ0) is 108. The summed E-state index contributed by atoms with van der Waals surface area (Å²) in [7, 11) is 84.5. The minimum Gasteiger partial charge on any atom is -0.454 e. The van der Waals surface area contributed by atoms with Crippen LogP contribution in [0.1, 0.15) is 102 Å². The number of halogens is 12. The summed E-state index contributed by atoms with van der Waals surface area (Å²) in [6.07, 6.45) is 0.284. The summed E-state index contributed by atoms with van der Waals surface area (Å²) < 4.78 is 176. The van der Waals surface area contributed by atoms with Crippen LogP contribution in [-0.4, -0.2) is 281 Å². The number of aromatic nitrogens is 4. The number of rotatable bonds is 37. The topological polar surface area (TPSA) is 307 Å². The van der Waals surface area contributed by atoms with Crippen LogP contribution in [0.2, 0.25) is 0 Å². The molecule has 150 heavy (non-hydrogen) atoms. The first-order valence-electron chi connectivity index (χ1n) is 45.4. The first-order chi connectivity index (χ1) is 69.5. The highest BCUT2D eigenvalue weighted by atomic mass is 79.9. The van der Waals surface area contributed by atoms with Gasteiger partial charge >= 0.3 is 19.8 Å². The lowest BCUT2D eigenvalue weighted by Crippen LogP contribution is -2.86. The third-order valence-corrected chi connectivity index (χ3v) is 27.1. The van der Waals surface area contributed by atoms with E-state index in [1.54, 1.807) is 135 Å². The number of aryl methyl sites for hydroxylation is 3. The lowest BCUT2D eigenvalue weighted by Gasteiger charge is -2.48. The number of hydrogen-bond acceptors (Lipinski definition) is 19. The average molecular weight is 2110 g/mol. The van der Waals surface area contributed by atoms with Crippen LogP contribution in [-0.2, 0) is 46.2 Å². The molecule has 0 saturated heterocycles. The molecule has 21 nitrogen and oxygen atoms in total. The minimum absolute atomic E-state index is 0. The number of alkyl halides is 6. The van der Waals surface area contributed by atoms with Crippen LogP contribution in [0.5, 0.6) is 51.7 Å². The fourth-order valence-electron chi connectivity index (χ4n) is 17.2. The average Bonchev–Trinajstić information content (AvgIpc) is 1.65. The monoisotopic (exact) mass is 2110 g/mol. The van der Waals surface area contributed by atoms with Gasteiger partial charge in [-0.3, -0.25) is 14.4 Å². The number of carbonyl (C=O) groups is 3. The Morgan fingerprint density at radius 1 is 0.507 bits per heavy atom. The van der Waals surface area contributed by atoms with Crippen LogP contribution < -0.4 is 51.4 Å². The van der Waals surface area contributed by atoms with E-state index in [2.05, 4.69) is 40.3 Å². The van der Waals surface area contributed by atoms with Crippen molar-refractivity contribution in [2.75, 3.05) is 31.3 Å². The predicted molar refractivity (Wildman–Crippen MR) is 614 cm³/mol. The maximum Gasteiger partial charge on any atom is 0.387 e. The molecule has 0 amide bonds. The minimum atomic E-state index is -3.50. The Balaban J connectivity index is 0.000000235. The summed E-state index contributed by atoms with van der Waals surface area (Å²) >= 11 is 3.17. The number of ether oxygens (including phenoxy) is 6. The molecule has 0 atom stereocenters. The van der Waals surface area contributed by atoms with Crippen LogP contribution in [0.15, 0.2) is 209 Å². The van der Waals surface area contributed by atoms with E-state index in [1.807, 2.05) is 32.0 Å². The number of nitriles is 1. The number of ketones is 3. The largest absolute Gasteiger partial charge is 0.454 e. The third-order valence-electron chi connectivity index (χ3n) is 24.3. The van der Waals surface area contributed by atoms with Crippen LogP contribution in [0, 0.1) is 49.6 Å². The van der Waals surface area contributed by atoms with E-state index in [-0.39, 0.29) is 137 Å². The van der Waals surface area contributed by atoms with Crippen LogP contribution in [0.3, 0.4) is 0 Å². The fourth-order valence-corrected chi connectivity index (χ4v) is 19.4. The Hall–Kier alpha value is -11.0. The van der Waals surface area contributed by atoms with Gasteiger partial charge in [-0.1, -0.05) is 56.0 Å². The molecule has 15 rings (SSSR count). The summed E-state index contributed by atoms with van der Waals surface area (Å²) in [6, 6.07) is 44.8. The van der Waals surface area contributed by atoms with Gasteiger partial charge in [0.25, 0.3) is 0 Å². The van der Waals surface area contributed by atoms with E-state index < -0.39 is 135 Å². The summed E-state index contributed by atoms with van der Waals surface area (Å²) in [5.74, 6) is -1.17. The van der Waals surface area contributed by atoms with E-state index >= 15 is 0 Å². The number of nitrogen functional groups attached to an aromatic ring is 3. The smallest absolute Gasteiger partial charge is 0.387 e. The summed E-state index contributed by atoms with van der Waals surface area (Å²) in [5, 5.41) is 17.3. The summed E-state index contributed by atoms with van der Waals surface area (Å²) in [5.41, 5.74) is 34.4. The van der Waals surface area contributed by atoms with E-state index in [1.165, 1.54) is 95.7 Å². The van der Waals surface area contributed by atoms with Crippen molar-refractivity contribution in [3.05, 3.63) is 299 Å². The molecule has 0 spiro atoms. The molecule has 4 aliphatic carbocycles. The van der Waals surface area contributed by atoms with Gasteiger partial charge in [0.05, 0.1) is 56.1 Å². The number of carbonyl (C=O) groups excluding carboxylic acids is 3. The highest BCUT2D eigenvalue weighted by Gasteiger charge is 2.51. The highest BCUT2D eigenvalue weighted by Crippen LogP contribution is 2.43. The summed E-state index contributed by atoms with van der Waals surface area (Å²) in [6.45, 7) is -3.03. The van der Waals surface area contributed by atoms with Crippen molar-refractivity contribution in [2.45, 2.75) is 97.7 Å². The Bertz CT molecular complexity index is 6920. The number of benzene rings is 9. The number of fused-ring (bicyclic) bond motifs is 3. The van der Waals surface area contributed by atoms with Crippen molar-refractivity contribution in [2.24, 2.45) is 5.73 Å². The maximum atomic E-state index is 14.0. The number of anilines is 3. The number of nitrogens with two attached hydrogens (primary N) is 4. The van der Waals surface area contributed by atoms with E-state index in [4.69, 9.17) is 151 Å². The molecule has 1 saturated carbocycles. The number of sulfone groups is 1. The van der Waals surface area contributed by atoms with Crippen molar-refractivity contribution >= 4 is 295 Å². The van der Waals surface area contributed by atoms with Gasteiger partial charge < -0.3 is 56.3 Å². The van der Waals surface area contributed by atoms with Gasteiger partial charge in [0.15, 0.2) is 56.1 Å². The van der Waals surface area contributed by atoms with Gasteiger partial charge in [0.1, 0.15) is 57.8 Å². The van der Waals surface area contributed by atoms with Gasteiger partial charge in [0.2, 0.25) is 5.78 Å². The molecule has 1 fully saturated rings. The van der Waals surface area contributed by atoms with Crippen LogP contribution >= 0.6 is 40.7 Å². The van der Waals surface area contributed by atoms with Crippen molar-refractivity contribution in [3.63, 3.8) is 0 Å². The molecule has 29 radical (unpaired) electrons.